The first kappa shape index (κ1) is 23.9. The fraction of sp³-hybridized carbons (Fsp3) is 0.833. The highest BCUT2D eigenvalue weighted by Gasteiger charge is 2.13. The van der Waals surface area contributed by atoms with Crippen LogP contribution in [0.2, 0.25) is 0 Å². The van der Waals surface area contributed by atoms with E-state index in [4.69, 9.17) is 4.74 Å². The van der Waals surface area contributed by atoms with Crippen LogP contribution in [0.4, 0.5) is 0 Å². The van der Waals surface area contributed by atoms with E-state index < -0.39 is 0 Å². The number of hydrogen-bond acceptors (Lipinski definition) is 3. The van der Waals surface area contributed by atoms with E-state index >= 15 is 0 Å². The van der Waals surface area contributed by atoms with Crippen LogP contribution in [0.1, 0.15) is 129 Å². The molecule has 0 aliphatic heterocycles. The van der Waals surface area contributed by atoms with E-state index in [9.17, 15) is 9.59 Å². The van der Waals surface area contributed by atoms with Crippen LogP contribution in [-0.2, 0) is 14.3 Å². The molecular formula is C24H42O3. The molecular weight excluding hydrogens is 336 g/mol. The van der Waals surface area contributed by atoms with Gasteiger partial charge in [-0.25, -0.2) is 0 Å². The number of unbranched alkanes of at least 4 members (excludes halogenated alkanes) is 14. The molecule has 0 saturated carbocycles. The quantitative estimate of drug-likeness (QED) is 0.195. The highest BCUT2D eigenvalue weighted by atomic mass is 16.5. The summed E-state index contributed by atoms with van der Waals surface area (Å²) >= 11 is 0. The van der Waals surface area contributed by atoms with Crippen LogP contribution in [-0.4, -0.2) is 11.8 Å². The largest absolute Gasteiger partial charge is 0.431 e. The number of hydrogen-bond donors (Lipinski definition) is 0. The smallest absolute Gasteiger partial charge is 0.310 e. The molecule has 0 bridgehead atoms. The molecule has 0 amide bonds. The Bertz CT molecular complexity index is 425. The van der Waals surface area contributed by atoms with Crippen molar-refractivity contribution in [2.24, 2.45) is 0 Å². The molecule has 0 unspecified atom stereocenters. The maximum atomic E-state index is 11.8. The Hall–Kier alpha value is -1.12. The van der Waals surface area contributed by atoms with Crippen molar-refractivity contribution < 1.29 is 14.3 Å². The van der Waals surface area contributed by atoms with Crippen molar-refractivity contribution in [3.05, 3.63) is 11.8 Å². The van der Waals surface area contributed by atoms with Crippen molar-refractivity contribution in [2.75, 3.05) is 0 Å². The monoisotopic (exact) mass is 378 g/mol. The predicted molar refractivity (Wildman–Crippen MR) is 113 cm³/mol. The highest BCUT2D eigenvalue weighted by Crippen LogP contribution is 2.18. The lowest BCUT2D eigenvalue weighted by Gasteiger charge is -2.12. The minimum absolute atomic E-state index is 0.0797. The van der Waals surface area contributed by atoms with Crippen molar-refractivity contribution >= 4 is 11.8 Å². The fourth-order valence-corrected chi connectivity index (χ4v) is 3.68. The normalized spacial score (nSPS) is 14.3. The number of allylic oxidation sites excluding steroid dienone is 2. The van der Waals surface area contributed by atoms with Crippen LogP contribution >= 0.6 is 0 Å². The molecule has 0 aromatic rings. The molecule has 0 heterocycles. The third kappa shape index (κ3) is 14.6. The van der Waals surface area contributed by atoms with Crippen molar-refractivity contribution in [1.29, 1.82) is 0 Å². The van der Waals surface area contributed by atoms with E-state index in [1.807, 2.05) is 0 Å². The van der Waals surface area contributed by atoms with E-state index in [-0.39, 0.29) is 11.8 Å². The second-order valence-electron chi connectivity index (χ2n) is 8.10. The van der Waals surface area contributed by atoms with Gasteiger partial charge in [-0.15, -0.1) is 0 Å². The third-order valence-electron chi connectivity index (χ3n) is 5.40. The topological polar surface area (TPSA) is 43.4 Å². The maximum Gasteiger partial charge on any atom is 0.310 e. The molecule has 0 N–H and O–H groups in total. The molecule has 1 aliphatic carbocycles. The van der Waals surface area contributed by atoms with Gasteiger partial charge in [-0.05, 0) is 12.8 Å². The number of ketones is 1. The SMILES string of the molecule is CCCCCCCCCCCCCCCCCC(=O)OC1=CC(=O)CCC1. The second kappa shape index (κ2) is 17.0. The summed E-state index contributed by atoms with van der Waals surface area (Å²) in [5.41, 5.74) is 0. The Balaban J connectivity index is 1.80. The number of ether oxygens (including phenoxy) is 1. The Morgan fingerprint density at radius 2 is 1.26 bits per heavy atom. The molecule has 156 valence electrons. The number of esters is 1. The Labute approximate surface area is 167 Å². The van der Waals surface area contributed by atoms with E-state index in [2.05, 4.69) is 6.92 Å². The van der Waals surface area contributed by atoms with Crippen LogP contribution < -0.4 is 0 Å². The van der Waals surface area contributed by atoms with Gasteiger partial charge >= 0.3 is 5.97 Å². The Kier molecular flexibility index (Phi) is 15.1. The average molecular weight is 379 g/mol. The van der Waals surface area contributed by atoms with E-state index in [1.54, 1.807) is 0 Å². The van der Waals surface area contributed by atoms with Gasteiger partial charge in [0.1, 0.15) is 5.76 Å². The van der Waals surface area contributed by atoms with Gasteiger partial charge in [-0.3, -0.25) is 9.59 Å². The van der Waals surface area contributed by atoms with Crippen molar-refractivity contribution in [3.8, 4) is 0 Å². The first-order valence-corrected chi connectivity index (χ1v) is 11.7. The molecule has 0 fully saturated rings. The molecule has 3 heteroatoms. The molecule has 0 aromatic heterocycles. The third-order valence-corrected chi connectivity index (χ3v) is 5.40. The van der Waals surface area contributed by atoms with Crippen LogP contribution in [0.5, 0.6) is 0 Å². The van der Waals surface area contributed by atoms with E-state index in [1.165, 1.54) is 89.5 Å². The zero-order chi connectivity index (χ0) is 19.6. The lowest BCUT2D eigenvalue weighted by atomic mass is 10.0. The van der Waals surface area contributed by atoms with Gasteiger partial charge in [0.2, 0.25) is 0 Å². The first-order valence-electron chi connectivity index (χ1n) is 11.7. The maximum absolute atomic E-state index is 11.8. The molecule has 1 aliphatic rings. The zero-order valence-corrected chi connectivity index (χ0v) is 17.7. The second-order valence-corrected chi connectivity index (χ2v) is 8.10. The summed E-state index contributed by atoms with van der Waals surface area (Å²) in [7, 11) is 0. The van der Waals surface area contributed by atoms with Gasteiger partial charge in [0.25, 0.3) is 0 Å². The van der Waals surface area contributed by atoms with Crippen molar-refractivity contribution in [3.63, 3.8) is 0 Å². The molecule has 0 saturated heterocycles. The number of rotatable bonds is 17. The predicted octanol–water partition coefficient (Wildman–Crippen LogP) is 7.43. The summed E-state index contributed by atoms with van der Waals surface area (Å²) < 4.78 is 5.28. The minimum atomic E-state index is -0.175. The highest BCUT2D eigenvalue weighted by molar-refractivity contribution is 5.91. The van der Waals surface area contributed by atoms with Gasteiger partial charge in [-0.2, -0.15) is 0 Å². The standard InChI is InChI=1S/C24H42O3/c1-2-3-4-5-6-7-8-9-10-11-12-13-14-15-16-20-24(26)27-23-19-17-18-22(25)21-23/h21H,2-20H2,1H3. The molecule has 27 heavy (non-hydrogen) atoms. The number of carbonyl (C=O) groups is 2. The lowest BCUT2D eigenvalue weighted by molar-refractivity contribution is -0.140. The Morgan fingerprint density at radius 3 is 1.74 bits per heavy atom. The van der Waals surface area contributed by atoms with E-state index in [0.717, 1.165) is 25.7 Å². The molecule has 0 spiro atoms. The van der Waals surface area contributed by atoms with Crippen LogP contribution in [0, 0.1) is 0 Å². The summed E-state index contributed by atoms with van der Waals surface area (Å²) in [5.74, 6) is 0.471. The molecule has 1 rings (SSSR count). The van der Waals surface area contributed by atoms with E-state index in [0.29, 0.717) is 18.6 Å². The average Bonchev–Trinajstić information content (AvgIpc) is 2.65. The first-order chi connectivity index (χ1) is 13.2. The Morgan fingerprint density at radius 1 is 0.778 bits per heavy atom. The summed E-state index contributed by atoms with van der Waals surface area (Å²) in [6.07, 6.45) is 23.9. The van der Waals surface area contributed by atoms with Gasteiger partial charge in [0, 0.05) is 25.3 Å². The molecule has 3 nitrogen and oxygen atoms in total. The van der Waals surface area contributed by atoms with Crippen LogP contribution in [0.25, 0.3) is 0 Å². The van der Waals surface area contributed by atoms with Crippen molar-refractivity contribution in [2.45, 2.75) is 129 Å². The van der Waals surface area contributed by atoms with Crippen LogP contribution in [0.15, 0.2) is 11.8 Å². The van der Waals surface area contributed by atoms with Gasteiger partial charge in [-0.1, -0.05) is 96.8 Å². The van der Waals surface area contributed by atoms with Gasteiger partial charge in [0.05, 0.1) is 0 Å². The number of carbonyl (C=O) groups excluding carboxylic acids is 2. The van der Waals surface area contributed by atoms with Gasteiger partial charge in [0.15, 0.2) is 5.78 Å². The summed E-state index contributed by atoms with van der Waals surface area (Å²) in [6, 6.07) is 0. The molecule has 0 atom stereocenters. The summed E-state index contributed by atoms with van der Waals surface area (Å²) in [6.45, 7) is 2.27. The molecule has 0 radical (unpaired) electrons. The minimum Gasteiger partial charge on any atom is -0.431 e. The van der Waals surface area contributed by atoms with Gasteiger partial charge < -0.3 is 4.74 Å². The fourth-order valence-electron chi connectivity index (χ4n) is 3.68. The lowest BCUT2D eigenvalue weighted by Crippen LogP contribution is -2.10. The van der Waals surface area contributed by atoms with Crippen molar-refractivity contribution in [1.82, 2.24) is 0 Å². The summed E-state index contributed by atoms with van der Waals surface area (Å²) in [4.78, 5) is 23.1. The zero-order valence-electron chi connectivity index (χ0n) is 17.7. The molecule has 0 aromatic carbocycles. The summed E-state index contributed by atoms with van der Waals surface area (Å²) in [5, 5.41) is 0. The van der Waals surface area contributed by atoms with Crippen LogP contribution in [0.3, 0.4) is 0 Å².